The molecule has 2 nitrogen and oxygen atoms in total. The lowest BCUT2D eigenvalue weighted by Gasteiger charge is -2.16. The Kier molecular flexibility index (Phi) is 3.90. The molecule has 0 aliphatic heterocycles. The van der Waals surface area contributed by atoms with E-state index in [-0.39, 0.29) is 12.3 Å². The molecule has 0 saturated heterocycles. The third kappa shape index (κ3) is 3.63. The minimum absolute atomic E-state index is 0.00102. The molecule has 0 fully saturated rings. The van der Waals surface area contributed by atoms with Crippen LogP contribution in [0.1, 0.15) is 13.3 Å². The van der Waals surface area contributed by atoms with Gasteiger partial charge in [0.25, 0.3) is 0 Å². The van der Waals surface area contributed by atoms with Crippen LogP contribution in [0.4, 0.5) is 0 Å². The molecule has 0 spiro atoms. The van der Waals surface area contributed by atoms with Crippen molar-refractivity contribution in [1.82, 2.24) is 0 Å². The highest BCUT2D eigenvalue weighted by Gasteiger charge is 2.34. The number of carbonyl (C=O) groups is 1. The van der Waals surface area contributed by atoms with Gasteiger partial charge < -0.3 is 5.11 Å². The smallest absolute Gasteiger partial charge is 0.340 e. The van der Waals surface area contributed by atoms with E-state index in [1.807, 2.05) is 0 Å². The van der Waals surface area contributed by atoms with Crippen LogP contribution < -0.4 is 0 Å². The maximum absolute atomic E-state index is 10.4. The number of carboxylic acids is 1. The molecule has 0 rings (SSSR count). The molecule has 11 heavy (non-hydrogen) atoms. The van der Waals surface area contributed by atoms with E-state index < -0.39 is 10.3 Å². The highest BCUT2D eigenvalue weighted by Crippen LogP contribution is 2.29. The number of rotatable bonds is 4. The lowest BCUT2D eigenvalue weighted by Crippen LogP contribution is -2.27. The van der Waals surface area contributed by atoms with Crippen molar-refractivity contribution < 1.29 is 9.90 Å². The van der Waals surface area contributed by atoms with Crippen LogP contribution in [0, 0.1) is 5.92 Å². The summed E-state index contributed by atoms with van der Waals surface area (Å²) in [6, 6.07) is 0. The van der Waals surface area contributed by atoms with Crippen LogP contribution in [-0.4, -0.2) is 15.4 Å². The van der Waals surface area contributed by atoms with Crippen LogP contribution in [0.15, 0.2) is 12.7 Å². The van der Waals surface area contributed by atoms with Crippen LogP contribution in [-0.2, 0) is 4.79 Å². The fourth-order valence-electron chi connectivity index (χ4n) is 0.575. The topological polar surface area (TPSA) is 37.3 Å². The fraction of sp³-hybridized carbons (Fsp3) is 0.571. The summed E-state index contributed by atoms with van der Waals surface area (Å²) in [5, 5.41) is 8.49. The third-order valence-corrected chi connectivity index (χ3v) is 1.93. The molecule has 1 N–H and O–H groups in total. The highest BCUT2D eigenvalue weighted by molar-refractivity contribution is 6.57. The van der Waals surface area contributed by atoms with E-state index in [2.05, 4.69) is 6.58 Å². The first-order chi connectivity index (χ1) is 4.90. The Morgan fingerprint density at radius 3 is 2.55 bits per heavy atom. The highest BCUT2D eigenvalue weighted by atomic mass is 35.5. The van der Waals surface area contributed by atoms with Crippen molar-refractivity contribution in [1.29, 1.82) is 0 Å². The summed E-state index contributed by atoms with van der Waals surface area (Å²) >= 11 is 10.9. The maximum Gasteiger partial charge on any atom is 0.340 e. The molecule has 0 aliphatic carbocycles. The standard InChI is InChI=1S/C7H10Cl2O2/c1-3-5(2)4-7(8,9)6(10)11/h3,5H,1,4H2,2H3,(H,10,11). The number of hydrogen-bond acceptors (Lipinski definition) is 1. The number of halogens is 2. The summed E-state index contributed by atoms with van der Waals surface area (Å²) in [4.78, 5) is 10.4. The molecule has 0 radical (unpaired) electrons. The summed E-state index contributed by atoms with van der Waals surface area (Å²) in [6.45, 7) is 5.29. The van der Waals surface area contributed by atoms with Gasteiger partial charge in [-0.1, -0.05) is 36.2 Å². The Hall–Kier alpha value is -0.210. The predicted octanol–water partition coefficient (Wildman–Crippen LogP) is 2.46. The first kappa shape index (κ1) is 10.8. The van der Waals surface area contributed by atoms with Crippen molar-refractivity contribution in [3.05, 3.63) is 12.7 Å². The lowest BCUT2D eigenvalue weighted by atomic mass is 10.1. The van der Waals surface area contributed by atoms with Crippen LogP contribution in [0.2, 0.25) is 0 Å². The number of allylic oxidation sites excluding steroid dienone is 1. The van der Waals surface area contributed by atoms with Gasteiger partial charge in [0.15, 0.2) is 0 Å². The zero-order chi connectivity index (χ0) is 9.07. The van der Waals surface area contributed by atoms with Gasteiger partial charge in [-0.05, 0) is 12.3 Å². The third-order valence-electron chi connectivity index (χ3n) is 1.29. The van der Waals surface area contributed by atoms with Gasteiger partial charge >= 0.3 is 5.97 Å². The van der Waals surface area contributed by atoms with E-state index >= 15 is 0 Å². The molecule has 64 valence electrons. The van der Waals surface area contributed by atoms with E-state index in [1.54, 1.807) is 13.0 Å². The molecule has 0 heterocycles. The zero-order valence-corrected chi connectivity index (χ0v) is 7.69. The van der Waals surface area contributed by atoms with Crippen molar-refractivity contribution in [3.63, 3.8) is 0 Å². The van der Waals surface area contributed by atoms with Gasteiger partial charge in [0.1, 0.15) is 0 Å². The lowest BCUT2D eigenvalue weighted by molar-refractivity contribution is -0.138. The summed E-state index contributed by atoms with van der Waals surface area (Å²) in [6.07, 6.45) is 1.79. The fourth-order valence-corrected chi connectivity index (χ4v) is 1.06. The average Bonchev–Trinajstić information content (AvgIpc) is 1.86. The Balaban J connectivity index is 4.11. The molecular weight excluding hydrogens is 187 g/mol. The van der Waals surface area contributed by atoms with Gasteiger partial charge in [0, 0.05) is 0 Å². The Labute approximate surface area is 75.8 Å². The van der Waals surface area contributed by atoms with Crippen molar-refractivity contribution in [2.24, 2.45) is 5.92 Å². The summed E-state index contributed by atoms with van der Waals surface area (Å²) in [5.74, 6) is -1.21. The van der Waals surface area contributed by atoms with Crippen LogP contribution in [0.5, 0.6) is 0 Å². The molecule has 0 aromatic heterocycles. The summed E-state index contributed by atoms with van der Waals surface area (Å²) in [5.41, 5.74) is 0. The first-order valence-corrected chi connectivity index (χ1v) is 3.89. The molecule has 1 unspecified atom stereocenters. The van der Waals surface area contributed by atoms with Gasteiger partial charge in [-0.15, -0.1) is 6.58 Å². The van der Waals surface area contributed by atoms with Crippen LogP contribution >= 0.6 is 23.2 Å². The van der Waals surface area contributed by atoms with Crippen molar-refractivity contribution in [2.45, 2.75) is 17.7 Å². The molecule has 0 amide bonds. The first-order valence-electron chi connectivity index (χ1n) is 3.14. The largest absolute Gasteiger partial charge is 0.479 e. The monoisotopic (exact) mass is 196 g/mol. The number of hydrogen-bond donors (Lipinski definition) is 1. The Bertz CT molecular complexity index is 166. The van der Waals surface area contributed by atoms with Crippen molar-refractivity contribution in [3.8, 4) is 0 Å². The van der Waals surface area contributed by atoms with Gasteiger partial charge in [0.2, 0.25) is 4.33 Å². The van der Waals surface area contributed by atoms with E-state index in [9.17, 15) is 4.79 Å². The van der Waals surface area contributed by atoms with Gasteiger partial charge in [-0.25, -0.2) is 4.79 Å². The number of aliphatic carboxylic acids is 1. The second-order valence-electron chi connectivity index (χ2n) is 2.43. The minimum Gasteiger partial charge on any atom is -0.479 e. The van der Waals surface area contributed by atoms with Crippen molar-refractivity contribution >= 4 is 29.2 Å². The minimum atomic E-state index is -1.69. The summed E-state index contributed by atoms with van der Waals surface area (Å²) < 4.78 is -1.69. The SMILES string of the molecule is C=CC(C)CC(Cl)(Cl)C(=O)O. The zero-order valence-electron chi connectivity index (χ0n) is 6.18. The molecule has 4 heteroatoms. The molecule has 0 aromatic carbocycles. The van der Waals surface area contributed by atoms with Crippen LogP contribution in [0.3, 0.4) is 0 Å². The molecule has 0 saturated carbocycles. The number of carboxylic acid groups (broad SMARTS) is 1. The second-order valence-corrected chi connectivity index (χ2v) is 3.91. The van der Waals surface area contributed by atoms with E-state index in [0.29, 0.717) is 0 Å². The number of alkyl halides is 2. The van der Waals surface area contributed by atoms with Crippen LogP contribution in [0.25, 0.3) is 0 Å². The molecule has 0 aromatic rings. The second kappa shape index (κ2) is 3.98. The maximum atomic E-state index is 10.4. The normalized spacial score (nSPS) is 14.1. The Morgan fingerprint density at radius 2 is 2.27 bits per heavy atom. The predicted molar refractivity (Wildman–Crippen MR) is 46.1 cm³/mol. The van der Waals surface area contributed by atoms with E-state index in [1.165, 1.54) is 0 Å². The molecule has 0 aliphatic rings. The quantitative estimate of drug-likeness (QED) is 0.555. The summed E-state index contributed by atoms with van der Waals surface area (Å²) in [7, 11) is 0. The molecular formula is C7H10Cl2O2. The van der Waals surface area contributed by atoms with E-state index in [4.69, 9.17) is 28.3 Å². The van der Waals surface area contributed by atoms with Gasteiger partial charge in [-0.3, -0.25) is 0 Å². The van der Waals surface area contributed by atoms with Gasteiger partial charge in [-0.2, -0.15) is 0 Å². The van der Waals surface area contributed by atoms with Crippen molar-refractivity contribution in [2.75, 3.05) is 0 Å². The Morgan fingerprint density at radius 1 is 1.82 bits per heavy atom. The molecule has 0 bridgehead atoms. The molecule has 1 atom stereocenters. The van der Waals surface area contributed by atoms with Gasteiger partial charge in [0.05, 0.1) is 0 Å². The van der Waals surface area contributed by atoms with E-state index in [0.717, 1.165) is 0 Å². The average molecular weight is 197 g/mol.